The van der Waals surface area contributed by atoms with Crippen LogP contribution in [0.5, 0.6) is 0 Å². The van der Waals surface area contributed by atoms with Gasteiger partial charge < -0.3 is 10.5 Å². The molecule has 20 heavy (non-hydrogen) atoms. The highest BCUT2D eigenvalue weighted by Gasteiger charge is 2.24. The highest BCUT2D eigenvalue weighted by molar-refractivity contribution is 7.23. The van der Waals surface area contributed by atoms with Crippen molar-refractivity contribution in [3.05, 3.63) is 26.9 Å². The lowest BCUT2D eigenvalue weighted by atomic mass is 10.0. The first-order chi connectivity index (χ1) is 9.36. The van der Waals surface area contributed by atoms with Crippen LogP contribution in [0.15, 0.2) is 6.07 Å². The molecule has 0 aromatic carbocycles. The molecule has 0 bridgehead atoms. The monoisotopic (exact) mass is 309 g/mol. The van der Waals surface area contributed by atoms with Crippen molar-refractivity contribution < 1.29 is 9.53 Å². The predicted octanol–water partition coefficient (Wildman–Crippen LogP) is 4.59. The van der Waals surface area contributed by atoms with Crippen molar-refractivity contribution in [2.75, 3.05) is 12.8 Å². The van der Waals surface area contributed by atoms with E-state index < -0.39 is 0 Å². The van der Waals surface area contributed by atoms with E-state index in [0.29, 0.717) is 10.6 Å². The van der Waals surface area contributed by atoms with Gasteiger partial charge in [-0.3, -0.25) is 0 Å². The minimum atomic E-state index is -0.356. The second-order valence-electron chi connectivity index (χ2n) is 5.08. The van der Waals surface area contributed by atoms with Gasteiger partial charge in [-0.15, -0.1) is 22.7 Å². The summed E-state index contributed by atoms with van der Waals surface area (Å²) in [5, 5.41) is 0. The number of carbonyl (C=O) groups excluding carboxylic acids is 1. The van der Waals surface area contributed by atoms with Crippen molar-refractivity contribution in [3.8, 4) is 9.75 Å². The Morgan fingerprint density at radius 2 is 1.95 bits per heavy atom. The second-order valence-corrected chi connectivity index (χ2v) is 7.36. The fraction of sp³-hybridized carbons (Fsp3) is 0.400. The first kappa shape index (κ1) is 15.1. The summed E-state index contributed by atoms with van der Waals surface area (Å²) in [4.78, 5) is 15.9. The van der Waals surface area contributed by atoms with Crippen molar-refractivity contribution in [1.82, 2.24) is 0 Å². The molecular weight excluding hydrogens is 290 g/mol. The highest BCUT2D eigenvalue weighted by Crippen LogP contribution is 2.45. The van der Waals surface area contributed by atoms with Gasteiger partial charge in [-0.2, -0.15) is 0 Å². The normalized spacial score (nSPS) is 11.1. The van der Waals surface area contributed by atoms with Crippen LogP contribution < -0.4 is 5.73 Å². The molecule has 0 saturated heterocycles. The zero-order valence-electron chi connectivity index (χ0n) is 12.4. The first-order valence-electron chi connectivity index (χ1n) is 6.44. The molecule has 0 spiro atoms. The number of esters is 1. The number of hydrogen-bond acceptors (Lipinski definition) is 5. The molecule has 2 N–H and O–H groups in total. The van der Waals surface area contributed by atoms with Gasteiger partial charge in [0.1, 0.15) is 4.88 Å². The molecule has 0 atom stereocenters. The van der Waals surface area contributed by atoms with Crippen molar-refractivity contribution in [2.24, 2.45) is 0 Å². The van der Waals surface area contributed by atoms with Gasteiger partial charge in [0, 0.05) is 9.75 Å². The van der Waals surface area contributed by atoms with Crippen molar-refractivity contribution in [3.63, 3.8) is 0 Å². The molecular formula is C15H19NO2S2. The fourth-order valence-corrected chi connectivity index (χ4v) is 4.59. The quantitative estimate of drug-likeness (QED) is 0.844. The smallest absolute Gasteiger partial charge is 0.350 e. The van der Waals surface area contributed by atoms with E-state index in [1.54, 1.807) is 11.3 Å². The number of ether oxygens (including phenoxy) is 1. The van der Waals surface area contributed by atoms with Gasteiger partial charge in [-0.05, 0) is 37.0 Å². The Hall–Kier alpha value is -1.33. The standard InChI is InChI=1S/C15H19NO2S2/c1-7(2)11-12(16)14(15(17)18-5)20-13(11)10-6-8(3)9(4)19-10/h6-7H,16H2,1-5H3. The number of nitrogen functional groups attached to an aromatic ring is 1. The molecule has 2 rings (SSSR count). The molecule has 2 aromatic heterocycles. The molecule has 0 aliphatic heterocycles. The average molecular weight is 309 g/mol. The Morgan fingerprint density at radius 3 is 2.40 bits per heavy atom. The van der Waals surface area contributed by atoms with Crippen LogP contribution in [0, 0.1) is 13.8 Å². The van der Waals surface area contributed by atoms with Crippen LogP contribution in [0.2, 0.25) is 0 Å². The van der Waals surface area contributed by atoms with Gasteiger partial charge in [-0.1, -0.05) is 13.8 Å². The summed E-state index contributed by atoms with van der Waals surface area (Å²) in [6, 6.07) is 2.16. The van der Waals surface area contributed by atoms with Gasteiger partial charge in [0.2, 0.25) is 0 Å². The van der Waals surface area contributed by atoms with Crippen LogP contribution in [0.4, 0.5) is 5.69 Å². The zero-order valence-corrected chi connectivity index (χ0v) is 14.0. The summed E-state index contributed by atoms with van der Waals surface area (Å²) < 4.78 is 4.82. The Labute approximate surface area is 127 Å². The van der Waals surface area contributed by atoms with Gasteiger partial charge in [0.05, 0.1) is 17.7 Å². The van der Waals surface area contributed by atoms with Gasteiger partial charge in [0.15, 0.2) is 0 Å². The molecule has 0 unspecified atom stereocenters. The van der Waals surface area contributed by atoms with E-state index in [-0.39, 0.29) is 11.9 Å². The molecule has 0 saturated carbocycles. The van der Waals surface area contributed by atoms with E-state index in [2.05, 4.69) is 33.8 Å². The molecule has 0 aliphatic rings. The summed E-state index contributed by atoms with van der Waals surface area (Å²) in [5.41, 5.74) is 9.07. The predicted molar refractivity (Wildman–Crippen MR) is 86.9 cm³/mol. The number of aryl methyl sites for hydroxylation is 2. The Balaban J connectivity index is 2.65. The summed E-state index contributed by atoms with van der Waals surface area (Å²) in [6.07, 6.45) is 0. The number of methoxy groups -OCH3 is 1. The lowest BCUT2D eigenvalue weighted by molar-refractivity contribution is 0.0607. The SMILES string of the molecule is COC(=O)c1sc(-c2cc(C)c(C)s2)c(C(C)C)c1N. The molecule has 2 heterocycles. The van der Waals surface area contributed by atoms with E-state index in [0.717, 1.165) is 10.4 Å². The molecule has 2 aromatic rings. The minimum absolute atomic E-state index is 0.266. The Bertz CT molecular complexity index is 634. The Morgan fingerprint density at radius 1 is 1.30 bits per heavy atom. The number of rotatable bonds is 3. The molecule has 0 amide bonds. The Kier molecular flexibility index (Phi) is 4.20. The first-order valence-corrected chi connectivity index (χ1v) is 8.08. The molecule has 0 fully saturated rings. The minimum Gasteiger partial charge on any atom is -0.465 e. The van der Waals surface area contributed by atoms with Crippen LogP contribution >= 0.6 is 22.7 Å². The fourth-order valence-electron chi connectivity index (χ4n) is 2.14. The highest BCUT2D eigenvalue weighted by atomic mass is 32.1. The largest absolute Gasteiger partial charge is 0.465 e. The van der Waals surface area contributed by atoms with Crippen LogP contribution in [-0.4, -0.2) is 13.1 Å². The van der Waals surface area contributed by atoms with Crippen LogP contribution in [0.3, 0.4) is 0 Å². The van der Waals surface area contributed by atoms with E-state index in [1.165, 1.54) is 33.8 Å². The van der Waals surface area contributed by atoms with Crippen molar-refractivity contribution in [2.45, 2.75) is 33.6 Å². The molecule has 0 radical (unpaired) electrons. The number of nitrogens with two attached hydrogens (primary N) is 1. The number of carbonyl (C=O) groups is 1. The van der Waals surface area contributed by atoms with Crippen LogP contribution in [0.1, 0.15) is 45.4 Å². The maximum atomic E-state index is 11.8. The zero-order chi connectivity index (χ0) is 15.0. The van der Waals surface area contributed by atoms with Crippen LogP contribution in [-0.2, 0) is 4.74 Å². The van der Waals surface area contributed by atoms with Gasteiger partial charge in [-0.25, -0.2) is 4.79 Å². The number of thiophene rings is 2. The number of anilines is 1. The molecule has 108 valence electrons. The third-order valence-corrected chi connectivity index (χ3v) is 5.86. The lowest BCUT2D eigenvalue weighted by Crippen LogP contribution is -2.03. The molecule has 3 nitrogen and oxygen atoms in total. The van der Waals surface area contributed by atoms with Gasteiger partial charge in [0.25, 0.3) is 0 Å². The lowest BCUT2D eigenvalue weighted by Gasteiger charge is -2.07. The topological polar surface area (TPSA) is 52.3 Å². The molecule has 0 aliphatic carbocycles. The summed E-state index contributed by atoms with van der Waals surface area (Å²) in [5.74, 6) is -0.0898. The van der Waals surface area contributed by atoms with E-state index in [9.17, 15) is 4.79 Å². The third kappa shape index (κ3) is 2.47. The van der Waals surface area contributed by atoms with Crippen molar-refractivity contribution in [1.29, 1.82) is 0 Å². The maximum absolute atomic E-state index is 11.8. The summed E-state index contributed by atoms with van der Waals surface area (Å²) >= 11 is 3.18. The maximum Gasteiger partial charge on any atom is 0.350 e. The van der Waals surface area contributed by atoms with Crippen LogP contribution in [0.25, 0.3) is 9.75 Å². The van der Waals surface area contributed by atoms with E-state index in [4.69, 9.17) is 10.5 Å². The summed E-state index contributed by atoms with van der Waals surface area (Å²) in [6.45, 7) is 8.39. The third-order valence-electron chi connectivity index (χ3n) is 3.32. The second kappa shape index (κ2) is 5.58. The average Bonchev–Trinajstić information content (AvgIpc) is 2.90. The van der Waals surface area contributed by atoms with E-state index in [1.807, 2.05) is 0 Å². The molecule has 5 heteroatoms. The summed E-state index contributed by atoms with van der Waals surface area (Å²) in [7, 11) is 1.38. The number of hydrogen-bond donors (Lipinski definition) is 1. The van der Waals surface area contributed by atoms with E-state index >= 15 is 0 Å². The van der Waals surface area contributed by atoms with Gasteiger partial charge >= 0.3 is 5.97 Å². The van der Waals surface area contributed by atoms with Crippen molar-refractivity contribution >= 4 is 34.3 Å².